The first kappa shape index (κ1) is 16.6. The first-order chi connectivity index (χ1) is 12.0. The van der Waals surface area contributed by atoms with Crippen molar-refractivity contribution in [3.63, 3.8) is 0 Å². The maximum atomic E-state index is 12.9. The van der Waals surface area contributed by atoms with Crippen molar-refractivity contribution in [2.45, 2.75) is 25.8 Å². The fourth-order valence-electron chi connectivity index (χ4n) is 3.65. The van der Waals surface area contributed by atoms with Gasteiger partial charge in [-0.2, -0.15) is 0 Å². The summed E-state index contributed by atoms with van der Waals surface area (Å²) in [4.78, 5) is 16.2. The zero-order chi connectivity index (χ0) is 17.6. The molecule has 1 atom stereocenters. The van der Waals surface area contributed by atoms with Crippen molar-refractivity contribution < 1.29 is 13.2 Å². The molecule has 0 bridgehead atoms. The number of sulfonamides is 1. The Hall–Kier alpha value is -1.86. The van der Waals surface area contributed by atoms with Crippen LogP contribution in [0.3, 0.4) is 0 Å². The number of nitrogens with zero attached hydrogens (tertiary/aromatic N) is 2. The zero-order valence-corrected chi connectivity index (χ0v) is 15.6. The standard InChI is InChI=1S/C18H20N2O3S2/c1-13-16-8-11-24-17(16)7-10-19(13)18(21)14-3-5-15(6-4-14)20-9-2-12-25(20,22)23/h3-6,8,11,13H,2,7,9-10,12H2,1H3/t13-/m0/s1. The second-order valence-electron chi connectivity index (χ2n) is 6.51. The van der Waals surface area contributed by atoms with E-state index < -0.39 is 10.0 Å². The van der Waals surface area contributed by atoms with Gasteiger partial charge in [-0.05, 0) is 61.0 Å². The van der Waals surface area contributed by atoms with Crippen LogP contribution in [0.2, 0.25) is 0 Å². The molecule has 1 aromatic heterocycles. The van der Waals surface area contributed by atoms with Gasteiger partial charge in [0.15, 0.2) is 0 Å². The smallest absolute Gasteiger partial charge is 0.254 e. The lowest BCUT2D eigenvalue weighted by Gasteiger charge is -2.33. The quantitative estimate of drug-likeness (QED) is 0.809. The SMILES string of the molecule is C[C@H]1c2ccsc2CCN1C(=O)c1ccc(N2CCCS2(=O)=O)cc1. The van der Waals surface area contributed by atoms with Crippen LogP contribution in [-0.4, -0.2) is 38.1 Å². The van der Waals surface area contributed by atoms with Crippen LogP contribution in [0.1, 0.15) is 40.2 Å². The van der Waals surface area contributed by atoms with Crippen LogP contribution in [0.15, 0.2) is 35.7 Å². The molecular weight excluding hydrogens is 356 g/mol. The van der Waals surface area contributed by atoms with Gasteiger partial charge in [0.2, 0.25) is 10.0 Å². The average molecular weight is 377 g/mol. The number of carbonyl (C=O) groups is 1. The number of anilines is 1. The number of benzene rings is 1. The average Bonchev–Trinajstić information content (AvgIpc) is 3.21. The van der Waals surface area contributed by atoms with Crippen LogP contribution in [-0.2, 0) is 16.4 Å². The lowest BCUT2D eigenvalue weighted by Crippen LogP contribution is -2.38. The van der Waals surface area contributed by atoms with Gasteiger partial charge in [0.25, 0.3) is 5.91 Å². The minimum absolute atomic E-state index is 0.000166. The summed E-state index contributed by atoms with van der Waals surface area (Å²) in [5.41, 5.74) is 2.48. The highest BCUT2D eigenvalue weighted by atomic mass is 32.2. The molecule has 7 heteroatoms. The van der Waals surface area contributed by atoms with E-state index in [4.69, 9.17) is 0 Å². The van der Waals surface area contributed by atoms with Gasteiger partial charge in [0.1, 0.15) is 0 Å². The molecule has 1 aromatic carbocycles. The molecule has 5 nitrogen and oxygen atoms in total. The molecule has 0 N–H and O–H groups in total. The van der Waals surface area contributed by atoms with Crippen molar-refractivity contribution in [3.05, 3.63) is 51.7 Å². The maximum Gasteiger partial charge on any atom is 0.254 e. The summed E-state index contributed by atoms with van der Waals surface area (Å²) in [7, 11) is -3.19. The first-order valence-electron chi connectivity index (χ1n) is 8.45. The number of fused-ring (bicyclic) bond motifs is 1. The summed E-state index contributed by atoms with van der Waals surface area (Å²) in [6.45, 7) is 3.29. The lowest BCUT2D eigenvalue weighted by molar-refractivity contribution is 0.0679. The molecule has 0 spiro atoms. The molecule has 2 aromatic rings. The fraction of sp³-hybridized carbons (Fsp3) is 0.389. The Morgan fingerprint density at radius 3 is 2.60 bits per heavy atom. The zero-order valence-electron chi connectivity index (χ0n) is 14.0. The Labute approximate surface area is 151 Å². The predicted molar refractivity (Wildman–Crippen MR) is 99.7 cm³/mol. The highest BCUT2D eigenvalue weighted by Crippen LogP contribution is 2.34. The molecule has 0 radical (unpaired) electrons. The molecule has 3 heterocycles. The summed E-state index contributed by atoms with van der Waals surface area (Å²) >= 11 is 1.75. The number of hydrogen-bond acceptors (Lipinski definition) is 4. The third-order valence-electron chi connectivity index (χ3n) is 5.04. The molecule has 0 unspecified atom stereocenters. The Balaban J connectivity index is 1.56. The topological polar surface area (TPSA) is 57.7 Å². The fourth-order valence-corrected chi connectivity index (χ4v) is 6.18. The van der Waals surface area contributed by atoms with Crippen LogP contribution < -0.4 is 4.31 Å². The van der Waals surface area contributed by atoms with Crippen LogP contribution in [0.25, 0.3) is 0 Å². The van der Waals surface area contributed by atoms with E-state index in [1.807, 2.05) is 4.90 Å². The Kier molecular flexibility index (Phi) is 4.08. The van der Waals surface area contributed by atoms with Crippen molar-refractivity contribution in [3.8, 4) is 0 Å². The summed E-state index contributed by atoms with van der Waals surface area (Å²) in [6, 6.07) is 9.12. The van der Waals surface area contributed by atoms with E-state index >= 15 is 0 Å². The number of carbonyl (C=O) groups excluding carboxylic acids is 1. The molecule has 1 amide bonds. The van der Waals surface area contributed by atoms with Crippen LogP contribution in [0.4, 0.5) is 5.69 Å². The molecule has 0 aliphatic carbocycles. The highest BCUT2D eigenvalue weighted by Gasteiger charge is 2.30. The molecule has 1 fully saturated rings. The third kappa shape index (κ3) is 2.85. The van der Waals surface area contributed by atoms with Crippen molar-refractivity contribution in [1.29, 1.82) is 0 Å². The number of hydrogen-bond donors (Lipinski definition) is 0. The largest absolute Gasteiger partial charge is 0.331 e. The first-order valence-corrected chi connectivity index (χ1v) is 10.9. The van der Waals surface area contributed by atoms with Crippen molar-refractivity contribution in [1.82, 2.24) is 4.90 Å². The van der Waals surface area contributed by atoms with Gasteiger partial charge in [-0.3, -0.25) is 9.10 Å². The van der Waals surface area contributed by atoms with Crippen LogP contribution >= 0.6 is 11.3 Å². The maximum absolute atomic E-state index is 12.9. The second kappa shape index (κ2) is 6.14. The summed E-state index contributed by atoms with van der Waals surface area (Å²) in [5.74, 6) is 0.197. The van der Waals surface area contributed by atoms with E-state index in [-0.39, 0.29) is 17.7 Å². The van der Waals surface area contributed by atoms with Crippen molar-refractivity contribution >= 4 is 33.0 Å². The van der Waals surface area contributed by atoms with Crippen molar-refractivity contribution in [2.75, 3.05) is 23.1 Å². The van der Waals surface area contributed by atoms with E-state index in [1.165, 1.54) is 14.7 Å². The number of amides is 1. The van der Waals surface area contributed by atoms with Crippen LogP contribution in [0.5, 0.6) is 0 Å². The van der Waals surface area contributed by atoms with E-state index in [0.717, 1.165) is 13.0 Å². The van der Waals surface area contributed by atoms with Gasteiger partial charge in [0.05, 0.1) is 17.5 Å². The Morgan fingerprint density at radius 2 is 1.92 bits per heavy atom. The van der Waals surface area contributed by atoms with E-state index in [2.05, 4.69) is 18.4 Å². The molecule has 25 heavy (non-hydrogen) atoms. The molecule has 2 aliphatic heterocycles. The normalized spacial score (nSPS) is 22.0. The van der Waals surface area contributed by atoms with E-state index in [9.17, 15) is 13.2 Å². The highest BCUT2D eigenvalue weighted by molar-refractivity contribution is 7.93. The Bertz CT molecular complexity index is 903. The number of rotatable bonds is 2. The molecular formula is C18H20N2O3S2. The minimum atomic E-state index is -3.19. The molecule has 4 rings (SSSR count). The minimum Gasteiger partial charge on any atom is -0.331 e. The lowest BCUT2D eigenvalue weighted by atomic mass is 10.0. The van der Waals surface area contributed by atoms with E-state index in [0.29, 0.717) is 24.2 Å². The van der Waals surface area contributed by atoms with Crippen LogP contribution in [0, 0.1) is 0 Å². The second-order valence-corrected chi connectivity index (χ2v) is 9.53. The monoisotopic (exact) mass is 376 g/mol. The van der Waals surface area contributed by atoms with E-state index in [1.54, 1.807) is 35.6 Å². The van der Waals surface area contributed by atoms with Gasteiger partial charge in [0, 0.05) is 23.5 Å². The summed E-state index contributed by atoms with van der Waals surface area (Å²) in [5, 5.41) is 2.08. The van der Waals surface area contributed by atoms with Gasteiger partial charge in [-0.15, -0.1) is 11.3 Å². The Morgan fingerprint density at radius 1 is 1.16 bits per heavy atom. The van der Waals surface area contributed by atoms with Gasteiger partial charge < -0.3 is 4.90 Å². The molecule has 1 saturated heterocycles. The third-order valence-corrected chi connectivity index (χ3v) is 7.91. The summed E-state index contributed by atoms with van der Waals surface area (Å²) in [6.07, 6.45) is 1.55. The van der Waals surface area contributed by atoms with Crippen molar-refractivity contribution in [2.24, 2.45) is 0 Å². The number of thiophene rings is 1. The molecule has 2 aliphatic rings. The van der Waals surface area contributed by atoms with Gasteiger partial charge >= 0.3 is 0 Å². The predicted octanol–water partition coefficient (Wildman–Crippen LogP) is 3.05. The van der Waals surface area contributed by atoms with Gasteiger partial charge in [-0.1, -0.05) is 0 Å². The summed E-state index contributed by atoms with van der Waals surface area (Å²) < 4.78 is 25.5. The van der Waals surface area contributed by atoms with Gasteiger partial charge in [-0.25, -0.2) is 8.42 Å². The molecule has 0 saturated carbocycles. The molecule has 132 valence electrons.